The summed E-state index contributed by atoms with van der Waals surface area (Å²) in [5, 5.41) is 42.8. The average Bonchev–Trinajstić information content (AvgIpc) is 3.30. The van der Waals surface area contributed by atoms with Gasteiger partial charge in [-0.05, 0) is 119 Å². The van der Waals surface area contributed by atoms with Gasteiger partial charge < -0.3 is 73.5 Å². The second kappa shape index (κ2) is 26.2. The summed E-state index contributed by atoms with van der Waals surface area (Å²) in [5.74, 6) is -2.25. The van der Waals surface area contributed by atoms with E-state index >= 15 is 0 Å². The number of methoxy groups -OCH3 is 2. The fourth-order valence-electron chi connectivity index (χ4n) is 10.7. The first kappa shape index (κ1) is 60.2. The maximum atomic E-state index is 14.8. The number of aliphatic hydroxyl groups excluding tert-OH is 1. The van der Waals surface area contributed by atoms with E-state index in [0.717, 1.165) is 18.4 Å². The topological polar surface area (TPSA) is 226 Å². The Morgan fingerprint density at radius 3 is 2.11 bits per heavy atom. The van der Waals surface area contributed by atoms with Crippen LogP contribution in [0, 0.1) is 17.8 Å². The molecule has 1 aromatic carbocycles. The molecule has 4 rings (SSSR count). The van der Waals surface area contributed by atoms with Crippen molar-refractivity contribution in [3.63, 3.8) is 0 Å². The highest BCUT2D eigenvalue weighted by Gasteiger charge is 2.54. The smallest absolute Gasteiger partial charge is 0.407 e. The molecule has 3 aliphatic heterocycles. The molecule has 3 heterocycles. The lowest BCUT2D eigenvalue weighted by atomic mass is 9.77. The molecule has 3 aliphatic rings. The number of amides is 2. The van der Waals surface area contributed by atoms with E-state index in [-0.39, 0.29) is 43.9 Å². The van der Waals surface area contributed by atoms with Crippen LogP contribution in [-0.4, -0.2) is 182 Å². The number of nitrogens with one attached hydrogen (secondary N) is 2. The van der Waals surface area contributed by atoms with E-state index in [2.05, 4.69) is 10.6 Å². The Bertz CT molecular complexity index is 1820. The molecule has 18 atom stereocenters. The SMILES string of the molecule is CCCCNC(=O)O[C@@H]1[C@@H](C)N(C)C[C@H](C)C[C@](C)(O)[C@H](O[C@@H]2O[C@H](C)C[C@H](N(C)C)[C@H]2O)[C@@H](C)[C@H](O[C@H]2C[C@@](C)(OC)[C@@H](OC(=O)NCc3ccc(OC)cc3)[C@H](C)O2)[C@@H](C)C(=O)O[C@H](CC)[C@@]1(C)O. The lowest BCUT2D eigenvalue weighted by molar-refractivity contribution is -0.317. The quantitative estimate of drug-likeness (QED) is 0.0845. The number of benzene rings is 1. The summed E-state index contributed by atoms with van der Waals surface area (Å²) in [4.78, 5) is 45.3. The molecule has 408 valence electrons. The number of cyclic esters (lactones) is 1. The van der Waals surface area contributed by atoms with E-state index in [1.807, 2.05) is 77.7 Å². The molecule has 19 heteroatoms. The number of unbranched alkanes of at least 4 members (excludes halogenated alkanes) is 1. The highest BCUT2D eigenvalue weighted by Crippen LogP contribution is 2.41. The number of alkyl carbamates (subject to hydrolysis) is 2. The van der Waals surface area contributed by atoms with Gasteiger partial charge in [-0.25, -0.2) is 9.59 Å². The van der Waals surface area contributed by atoms with Crippen LogP contribution in [0.5, 0.6) is 5.75 Å². The van der Waals surface area contributed by atoms with Crippen molar-refractivity contribution in [3.8, 4) is 5.75 Å². The number of carbonyl (C=O) groups excluding carboxylic acids is 3. The van der Waals surface area contributed by atoms with Crippen molar-refractivity contribution in [3.05, 3.63) is 29.8 Å². The van der Waals surface area contributed by atoms with E-state index < -0.39 is 108 Å². The van der Waals surface area contributed by atoms with Crippen molar-refractivity contribution >= 4 is 18.2 Å². The molecule has 0 radical (unpaired) electrons. The number of hydrogen-bond acceptors (Lipinski definition) is 17. The Balaban J connectivity index is 1.77. The van der Waals surface area contributed by atoms with Crippen molar-refractivity contribution in [2.24, 2.45) is 17.8 Å². The van der Waals surface area contributed by atoms with Gasteiger partial charge in [0, 0.05) is 51.2 Å². The number of nitrogens with zero attached hydrogens (tertiary/aromatic N) is 2. The Hall–Kier alpha value is -3.37. The number of rotatable bonds is 15. The van der Waals surface area contributed by atoms with Gasteiger partial charge in [-0.3, -0.25) is 9.69 Å². The Kier molecular flexibility index (Phi) is 22.2. The molecule has 0 spiro atoms. The van der Waals surface area contributed by atoms with Gasteiger partial charge in [-0.15, -0.1) is 0 Å². The van der Waals surface area contributed by atoms with Crippen molar-refractivity contribution in [2.75, 3.05) is 48.5 Å². The minimum atomic E-state index is -1.89. The van der Waals surface area contributed by atoms with Gasteiger partial charge in [0.25, 0.3) is 0 Å². The Labute approximate surface area is 423 Å². The molecule has 0 aromatic heterocycles. The average molecular weight is 1010 g/mol. The first-order valence-corrected chi connectivity index (χ1v) is 25.6. The van der Waals surface area contributed by atoms with E-state index in [4.69, 9.17) is 42.6 Å². The van der Waals surface area contributed by atoms with Crippen LogP contribution in [0.3, 0.4) is 0 Å². The summed E-state index contributed by atoms with van der Waals surface area (Å²) in [5.41, 5.74) is -3.87. The zero-order chi connectivity index (χ0) is 53.2. The highest BCUT2D eigenvalue weighted by atomic mass is 16.7. The first-order valence-electron chi connectivity index (χ1n) is 25.6. The van der Waals surface area contributed by atoms with Crippen molar-refractivity contribution in [1.82, 2.24) is 20.4 Å². The molecular weight excluding hydrogens is 921 g/mol. The van der Waals surface area contributed by atoms with Crippen LogP contribution >= 0.6 is 0 Å². The predicted octanol–water partition coefficient (Wildman–Crippen LogP) is 5.38. The summed E-state index contributed by atoms with van der Waals surface area (Å²) in [6.45, 7) is 20.6. The third-order valence-electron chi connectivity index (χ3n) is 15.0. The maximum absolute atomic E-state index is 14.8. The molecule has 3 saturated heterocycles. The van der Waals surface area contributed by atoms with Crippen molar-refractivity contribution in [1.29, 1.82) is 0 Å². The Morgan fingerprint density at radius 1 is 0.887 bits per heavy atom. The van der Waals surface area contributed by atoms with E-state index in [1.54, 1.807) is 53.9 Å². The minimum Gasteiger partial charge on any atom is -0.497 e. The minimum absolute atomic E-state index is 0.0382. The zero-order valence-electron chi connectivity index (χ0n) is 45.5. The second-order valence-electron chi connectivity index (χ2n) is 21.4. The Morgan fingerprint density at radius 2 is 1.52 bits per heavy atom. The summed E-state index contributed by atoms with van der Waals surface area (Å²) in [6.07, 6.45) is -8.86. The monoisotopic (exact) mass is 1010 g/mol. The highest BCUT2D eigenvalue weighted by molar-refractivity contribution is 5.73. The van der Waals surface area contributed by atoms with Crippen LogP contribution < -0.4 is 15.4 Å². The molecule has 19 nitrogen and oxygen atoms in total. The van der Waals surface area contributed by atoms with Gasteiger partial charge in [0.1, 0.15) is 29.2 Å². The predicted molar refractivity (Wildman–Crippen MR) is 265 cm³/mol. The summed E-state index contributed by atoms with van der Waals surface area (Å²) in [7, 11) is 8.69. The number of aliphatic hydroxyl groups is 3. The largest absolute Gasteiger partial charge is 0.497 e. The number of ether oxygens (including phenoxy) is 9. The molecule has 3 fully saturated rings. The molecule has 71 heavy (non-hydrogen) atoms. The first-order chi connectivity index (χ1) is 33.2. The normalized spacial score (nSPS) is 39.1. The van der Waals surface area contributed by atoms with Gasteiger partial charge in [-0.2, -0.15) is 0 Å². The van der Waals surface area contributed by atoms with Gasteiger partial charge in [-0.1, -0.05) is 46.2 Å². The van der Waals surface area contributed by atoms with Crippen LogP contribution in [0.15, 0.2) is 24.3 Å². The van der Waals surface area contributed by atoms with Crippen LogP contribution in [0.1, 0.15) is 120 Å². The van der Waals surface area contributed by atoms with Crippen LogP contribution in [0.4, 0.5) is 9.59 Å². The summed E-state index contributed by atoms with van der Waals surface area (Å²) in [6, 6.07) is 6.34. The van der Waals surface area contributed by atoms with Gasteiger partial charge >= 0.3 is 18.2 Å². The molecule has 0 bridgehead atoms. The number of likely N-dealkylation sites (N-methyl/N-ethyl adjacent to an activating group) is 2. The third kappa shape index (κ3) is 15.6. The molecule has 0 aliphatic carbocycles. The zero-order valence-corrected chi connectivity index (χ0v) is 45.5. The van der Waals surface area contributed by atoms with Crippen molar-refractivity contribution < 1.29 is 72.3 Å². The molecule has 0 saturated carbocycles. The number of hydrogen-bond donors (Lipinski definition) is 5. The van der Waals surface area contributed by atoms with E-state index in [9.17, 15) is 29.7 Å². The van der Waals surface area contributed by atoms with Crippen LogP contribution in [0.25, 0.3) is 0 Å². The maximum Gasteiger partial charge on any atom is 0.407 e. The van der Waals surface area contributed by atoms with Gasteiger partial charge in [0.15, 0.2) is 24.8 Å². The van der Waals surface area contributed by atoms with Crippen LogP contribution in [0.2, 0.25) is 0 Å². The van der Waals surface area contributed by atoms with Gasteiger partial charge in [0.05, 0.1) is 43.0 Å². The molecule has 5 N–H and O–H groups in total. The number of esters is 1. The van der Waals surface area contributed by atoms with E-state index in [0.29, 0.717) is 25.3 Å². The third-order valence-corrected chi connectivity index (χ3v) is 15.0. The lowest BCUT2D eigenvalue weighted by Gasteiger charge is -2.49. The molecule has 2 amide bonds. The summed E-state index contributed by atoms with van der Waals surface area (Å²) >= 11 is 0. The molecule has 0 unspecified atom stereocenters. The number of carbonyl (C=O) groups is 3. The van der Waals surface area contributed by atoms with E-state index in [1.165, 1.54) is 14.0 Å². The molecule has 1 aromatic rings. The lowest BCUT2D eigenvalue weighted by Crippen LogP contribution is -2.61. The van der Waals surface area contributed by atoms with Crippen LogP contribution in [-0.2, 0) is 49.2 Å². The fourth-order valence-corrected chi connectivity index (χ4v) is 10.7. The molecular formula is C52H90N4O15. The second-order valence-corrected chi connectivity index (χ2v) is 21.4. The van der Waals surface area contributed by atoms with Gasteiger partial charge in [0.2, 0.25) is 0 Å². The standard InChI is InChI=1S/C52H90N4O15/c1-17-19-24-53-48(59)70-44-34(7)56(14)29-30(3)26-50(9,61)43(69-47-41(57)38(55(12)13)25-31(4)65-47)32(5)42(33(6)46(58)67-39(18-2)52(44,11)62)68-40-27-51(10,64-16)45(35(8)66-40)71-49(60)54-28-36-20-22-37(63-15)23-21-36/h20-23,30-35,38-45,47,57,61-62H,17-19,24-29H2,1-16H3,(H,53,59)(H,54,60)/t30-,31-,32+,33-,34-,35+,38+,39-,40+,41-,42+,43-,44-,45+,47+,50+,51-,52-/m1/s1. The van der Waals surface area contributed by atoms with Crippen molar-refractivity contribution in [2.45, 2.75) is 212 Å². The fraction of sp³-hybridized carbons (Fsp3) is 0.827. The summed E-state index contributed by atoms with van der Waals surface area (Å²) < 4.78 is 56.3.